The van der Waals surface area contributed by atoms with Gasteiger partial charge in [-0.15, -0.1) is 0 Å². The van der Waals surface area contributed by atoms with Crippen LogP contribution in [0, 0.1) is 0 Å². The van der Waals surface area contributed by atoms with Crippen LogP contribution in [0.2, 0.25) is 0 Å². The number of carbonyl (C=O) groups is 1. The van der Waals surface area contributed by atoms with E-state index in [1.54, 1.807) is 0 Å². The van der Waals surface area contributed by atoms with Crippen molar-refractivity contribution in [3.63, 3.8) is 0 Å². The molecule has 0 spiro atoms. The normalized spacial score (nSPS) is 11.2. The van der Waals surface area contributed by atoms with Crippen LogP contribution in [0.4, 0.5) is 13.2 Å². The molecule has 10 heavy (non-hydrogen) atoms. The van der Waals surface area contributed by atoms with Gasteiger partial charge in [0.1, 0.15) is 0 Å². The molecule has 0 rings (SSSR count). The summed E-state index contributed by atoms with van der Waals surface area (Å²) in [6.45, 7) is 4.42. The quantitative estimate of drug-likeness (QED) is 0.553. The smallest absolute Gasteiger partial charge is 0.284 e. The molecule has 0 atom stereocenters. The number of Topliss-reactive ketones (excluding diaryl/α,β-unsaturated/α-hetero) is 1. The molecule has 0 N–H and O–H groups in total. The van der Waals surface area contributed by atoms with Crippen molar-refractivity contribution in [1.29, 1.82) is 0 Å². The van der Waals surface area contributed by atoms with Crippen molar-refractivity contribution >= 4 is 5.78 Å². The molecule has 0 aliphatic heterocycles. The second-order valence-electron chi connectivity index (χ2n) is 1.78. The van der Waals surface area contributed by atoms with Crippen molar-refractivity contribution in [3.8, 4) is 0 Å². The minimum absolute atomic E-state index is 0.0400. The van der Waals surface area contributed by atoms with E-state index in [2.05, 4.69) is 6.58 Å². The first-order chi connectivity index (χ1) is 4.39. The zero-order chi connectivity index (χ0) is 8.36. The summed E-state index contributed by atoms with van der Waals surface area (Å²) in [5.74, 6) is -1.82. The molecule has 0 radical (unpaired) electrons. The van der Waals surface area contributed by atoms with E-state index in [0.29, 0.717) is 0 Å². The lowest BCUT2D eigenvalue weighted by Gasteiger charge is -2.04. The second-order valence-corrected chi connectivity index (χ2v) is 1.78. The number of hydrogen-bond acceptors (Lipinski definition) is 1. The summed E-state index contributed by atoms with van der Waals surface area (Å²) in [4.78, 5) is 10.2. The Hall–Kier alpha value is -0.800. The molecule has 0 aliphatic rings. The summed E-state index contributed by atoms with van der Waals surface area (Å²) in [5, 5.41) is 0. The van der Waals surface area contributed by atoms with Crippen LogP contribution in [-0.2, 0) is 4.79 Å². The third kappa shape index (κ3) is 2.21. The van der Waals surface area contributed by atoms with Crippen molar-refractivity contribution in [1.82, 2.24) is 0 Å². The highest BCUT2D eigenvalue weighted by Gasteiger charge is 2.38. The third-order valence-corrected chi connectivity index (χ3v) is 1.01. The van der Waals surface area contributed by atoms with Gasteiger partial charge >= 0.3 is 6.18 Å². The van der Waals surface area contributed by atoms with Crippen molar-refractivity contribution in [3.05, 3.63) is 12.2 Å². The van der Waals surface area contributed by atoms with Gasteiger partial charge in [-0.1, -0.05) is 13.5 Å². The van der Waals surface area contributed by atoms with E-state index in [-0.39, 0.29) is 6.42 Å². The lowest BCUT2D eigenvalue weighted by molar-refractivity contribution is -0.166. The van der Waals surface area contributed by atoms with Crippen LogP contribution in [0.25, 0.3) is 0 Å². The zero-order valence-electron chi connectivity index (χ0n) is 5.46. The molecule has 0 aromatic rings. The first-order valence-electron chi connectivity index (χ1n) is 2.69. The Morgan fingerprint density at radius 1 is 1.50 bits per heavy atom. The van der Waals surface area contributed by atoms with E-state index in [0.717, 1.165) is 0 Å². The van der Waals surface area contributed by atoms with Gasteiger partial charge in [-0.2, -0.15) is 13.2 Å². The largest absolute Gasteiger partial charge is 0.454 e. The van der Waals surface area contributed by atoms with Crippen molar-refractivity contribution in [2.75, 3.05) is 0 Å². The number of carbonyl (C=O) groups excluding carboxylic acids is 1. The van der Waals surface area contributed by atoms with E-state index in [1.807, 2.05) is 0 Å². The topological polar surface area (TPSA) is 17.1 Å². The molecule has 0 saturated carbocycles. The van der Waals surface area contributed by atoms with Crippen molar-refractivity contribution in [2.24, 2.45) is 0 Å². The molecule has 0 amide bonds. The summed E-state index contributed by atoms with van der Waals surface area (Å²) < 4.78 is 34.4. The SMILES string of the molecule is C=C(CC)C(=O)C(F)(F)F. The molecule has 0 bridgehead atoms. The minimum atomic E-state index is -4.76. The van der Waals surface area contributed by atoms with E-state index >= 15 is 0 Å². The number of alkyl halides is 3. The van der Waals surface area contributed by atoms with E-state index in [9.17, 15) is 18.0 Å². The van der Waals surface area contributed by atoms with Crippen LogP contribution in [0.15, 0.2) is 12.2 Å². The van der Waals surface area contributed by atoms with Crippen molar-refractivity contribution < 1.29 is 18.0 Å². The average molecular weight is 152 g/mol. The number of hydrogen-bond donors (Lipinski definition) is 0. The second kappa shape index (κ2) is 2.86. The zero-order valence-corrected chi connectivity index (χ0v) is 5.46. The van der Waals surface area contributed by atoms with Gasteiger partial charge < -0.3 is 0 Å². The summed E-state index contributed by atoms with van der Waals surface area (Å²) >= 11 is 0. The molecule has 4 heteroatoms. The van der Waals surface area contributed by atoms with E-state index in [4.69, 9.17) is 0 Å². The molecule has 0 heterocycles. The fourth-order valence-electron chi connectivity index (χ4n) is 0.361. The van der Waals surface area contributed by atoms with Crippen molar-refractivity contribution in [2.45, 2.75) is 19.5 Å². The molecule has 0 aromatic heterocycles. The Morgan fingerprint density at radius 3 is 2.00 bits per heavy atom. The highest BCUT2D eigenvalue weighted by molar-refractivity contribution is 5.98. The first kappa shape index (κ1) is 9.20. The molecular weight excluding hydrogens is 145 g/mol. The molecule has 0 aromatic carbocycles. The van der Waals surface area contributed by atoms with Gasteiger partial charge in [-0.05, 0) is 12.0 Å². The summed E-state index contributed by atoms with van der Waals surface area (Å²) in [7, 11) is 0. The Bertz CT molecular complexity index is 157. The summed E-state index contributed by atoms with van der Waals surface area (Å²) in [6.07, 6.45) is -4.72. The fraction of sp³-hybridized carbons (Fsp3) is 0.500. The third-order valence-electron chi connectivity index (χ3n) is 1.01. The van der Waals surface area contributed by atoms with Crippen LogP contribution in [0.5, 0.6) is 0 Å². The van der Waals surface area contributed by atoms with Crippen LogP contribution in [0.1, 0.15) is 13.3 Å². The lowest BCUT2D eigenvalue weighted by atomic mass is 10.1. The maximum Gasteiger partial charge on any atom is 0.454 e. The first-order valence-corrected chi connectivity index (χ1v) is 2.69. The lowest BCUT2D eigenvalue weighted by Crippen LogP contribution is -2.23. The number of ketones is 1. The maximum absolute atomic E-state index is 11.5. The Kier molecular flexibility index (Phi) is 2.63. The maximum atomic E-state index is 11.5. The van der Waals surface area contributed by atoms with Gasteiger partial charge in [0.25, 0.3) is 5.78 Å². The van der Waals surface area contributed by atoms with Crippen LogP contribution >= 0.6 is 0 Å². The van der Waals surface area contributed by atoms with Gasteiger partial charge in [0.05, 0.1) is 0 Å². The van der Waals surface area contributed by atoms with Gasteiger partial charge in [0, 0.05) is 0 Å². The summed E-state index contributed by atoms with van der Waals surface area (Å²) in [5.41, 5.74) is -0.396. The van der Waals surface area contributed by atoms with Crippen LogP contribution in [0.3, 0.4) is 0 Å². The van der Waals surface area contributed by atoms with E-state index in [1.165, 1.54) is 6.92 Å². The predicted octanol–water partition coefficient (Wildman–Crippen LogP) is 2.08. The van der Waals surface area contributed by atoms with Gasteiger partial charge in [-0.3, -0.25) is 4.79 Å². The monoisotopic (exact) mass is 152 g/mol. The van der Waals surface area contributed by atoms with Gasteiger partial charge in [0.2, 0.25) is 0 Å². The molecule has 0 saturated heterocycles. The summed E-state index contributed by atoms with van der Waals surface area (Å²) in [6, 6.07) is 0. The molecule has 58 valence electrons. The Balaban J connectivity index is 4.24. The highest BCUT2D eigenvalue weighted by Crippen LogP contribution is 2.20. The Morgan fingerprint density at radius 2 is 1.90 bits per heavy atom. The average Bonchev–Trinajstić information content (AvgIpc) is 1.83. The fourth-order valence-corrected chi connectivity index (χ4v) is 0.361. The van der Waals surface area contributed by atoms with Crippen LogP contribution < -0.4 is 0 Å². The van der Waals surface area contributed by atoms with E-state index < -0.39 is 17.5 Å². The molecule has 0 aliphatic carbocycles. The van der Waals surface area contributed by atoms with Gasteiger partial charge in [0.15, 0.2) is 0 Å². The number of rotatable bonds is 2. The Labute approximate surface area is 56.5 Å². The predicted molar refractivity (Wildman–Crippen MR) is 30.5 cm³/mol. The molecule has 1 nitrogen and oxygen atoms in total. The minimum Gasteiger partial charge on any atom is -0.284 e. The number of halogens is 3. The van der Waals surface area contributed by atoms with Gasteiger partial charge in [-0.25, -0.2) is 0 Å². The molecule has 0 unspecified atom stereocenters. The molecule has 0 fully saturated rings. The standard InChI is InChI=1S/C6H7F3O/c1-3-4(2)5(10)6(7,8)9/h2-3H2,1H3. The van der Waals surface area contributed by atoms with Crippen LogP contribution in [-0.4, -0.2) is 12.0 Å². The number of allylic oxidation sites excluding steroid dienone is 1. The molecular formula is C6H7F3O. The highest BCUT2D eigenvalue weighted by atomic mass is 19.4.